The fourth-order valence-corrected chi connectivity index (χ4v) is 2.70. The Labute approximate surface area is 122 Å². The number of hydrogen-bond acceptors (Lipinski definition) is 6. The van der Waals surface area contributed by atoms with Gasteiger partial charge in [0.2, 0.25) is 5.88 Å². The Balaban J connectivity index is 2.07. The van der Waals surface area contributed by atoms with Crippen molar-refractivity contribution < 1.29 is 9.84 Å². The molecule has 20 heavy (non-hydrogen) atoms. The number of rotatable bonds is 4. The molecular weight excluding hydrogens is 274 g/mol. The normalized spacial score (nSPS) is 13.2. The third-order valence-electron chi connectivity index (χ3n) is 2.90. The standard InChI is InChI=1S/C14H19N3O2S/c1-14(2,3)11-8-20-13(15-11)7-10(18)9-5-6-12(19-4)17-16-9/h5-6,8,10,18H,7H2,1-4H3. The van der Waals surface area contributed by atoms with Gasteiger partial charge in [0.25, 0.3) is 0 Å². The number of nitrogens with zero attached hydrogens (tertiary/aromatic N) is 3. The Hall–Kier alpha value is -1.53. The quantitative estimate of drug-likeness (QED) is 0.938. The van der Waals surface area contributed by atoms with Crippen molar-refractivity contribution in [3.05, 3.63) is 33.9 Å². The summed E-state index contributed by atoms with van der Waals surface area (Å²) in [5.74, 6) is 0.435. The Morgan fingerprint density at radius 2 is 2.05 bits per heavy atom. The van der Waals surface area contributed by atoms with Crippen LogP contribution in [0.2, 0.25) is 0 Å². The van der Waals surface area contributed by atoms with Crippen LogP contribution >= 0.6 is 11.3 Å². The van der Waals surface area contributed by atoms with Crippen LogP contribution in [-0.2, 0) is 11.8 Å². The molecule has 2 heterocycles. The zero-order valence-electron chi connectivity index (χ0n) is 12.1. The summed E-state index contributed by atoms with van der Waals surface area (Å²) in [5, 5.41) is 20.9. The number of thiazole rings is 1. The van der Waals surface area contributed by atoms with Crippen LogP contribution in [0.25, 0.3) is 0 Å². The molecule has 0 aliphatic carbocycles. The highest BCUT2D eigenvalue weighted by atomic mass is 32.1. The highest BCUT2D eigenvalue weighted by Crippen LogP contribution is 2.26. The Morgan fingerprint density at radius 1 is 1.30 bits per heavy atom. The second-order valence-electron chi connectivity index (χ2n) is 5.60. The third-order valence-corrected chi connectivity index (χ3v) is 3.77. The van der Waals surface area contributed by atoms with Crippen molar-refractivity contribution in [2.45, 2.75) is 38.7 Å². The van der Waals surface area contributed by atoms with Gasteiger partial charge >= 0.3 is 0 Å². The van der Waals surface area contributed by atoms with E-state index in [0.717, 1.165) is 10.7 Å². The highest BCUT2D eigenvalue weighted by molar-refractivity contribution is 7.09. The molecule has 2 aromatic heterocycles. The summed E-state index contributed by atoms with van der Waals surface area (Å²) >= 11 is 1.56. The van der Waals surface area contributed by atoms with E-state index < -0.39 is 6.10 Å². The molecule has 0 saturated heterocycles. The van der Waals surface area contributed by atoms with Gasteiger partial charge in [-0.3, -0.25) is 0 Å². The molecular formula is C14H19N3O2S. The number of aliphatic hydroxyl groups excluding tert-OH is 1. The second-order valence-corrected chi connectivity index (χ2v) is 6.54. The average molecular weight is 293 g/mol. The smallest absolute Gasteiger partial charge is 0.233 e. The first-order valence-corrected chi connectivity index (χ1v) is 7.28. The van der Waals surface area contributed by atoms with Crippen LogP contribution in [0.15, 0.2) is 17.5 Å². The maximum atomic E-state index is 10.2. The first kappa shape index (κ1) is 14.9. The molecule has 1 atom stereocenters. The van der Waals surface area contributed by atoms with Crippen LogP contribution in [0, 0.1) is 0 Å². The van der Waals surface area contributed by atoms with Gasteiger partial charge in [-0.2, -0.15) is 0 Å². The predicted molar refractivity (Wildman–Crippen MR) is 78.1 cm³/mol. The highest BCUT2D eigenvalue weighted by Gasteiger charge is 2.19. The number of hydrogen-bond donors (Lipinski definition) is 1. The maximum absolute atomic E-state index is 10.2. The fourth-order valence-electron chi connectivity index (χ4n) is 1.64. The van der Waals surface area contributed by atoms with Gasteiger partial charge in [0.05, 0.1) is 23.5 Å². The van der Waals surface area contributed by atoms with Crippen molar-refractivity contribution in [3.63, 3.8) is 0 Å². The van der Waals surface area contributed by atoms with Crippen molar-refractivity contribution in [1.82, 2.24) is 15.2 Å². The summed E-state index contributed by atoms with van der Waals surface area (Å²) in [5.41, 5.74) is 1.60. The summed E-state index contributed by atoms with van der Waals surface area (Å²) < 4.78 is 4.94. The summed E-state index contributed by atoms with van der Waals surface area (Å²) in [6, 6.07) is 3.41. The van der Waals surface area contributed by atoms with Crippen LogP contribution in [0.1, 0.15) is 43.3 Å². The molecule has 1 unspecified atom stereocenters. The monoisotopic (exact) mass is 293 g/mol. The van der Waals surface area contributed by atoms with Gasteiger partial charge in [0.1, 0.15) is 6.10 Å². The predicted octanol–water partition coefficient (Wildman–Crippen LogP) is 2.52. The minimum absolute atomic E-state index is 0.0274. The number of aliphatic hydroxyl groups is 1. The van der Waals surface area contributed by atoms with E-state index in [1.807, 2.05) is 5.38 Å². The maximum Gasteiger partial charge on any atom is 0.233 e. The van der Waals surface area contributed by atoms with Crippen LogP contribution < -0.4 is 4.74 Å². The van der Waals surface area contributed by atoms with Crippen LogP contribution in [0.3, 0.4) is 0 Å². The van der Waals surface area contributed by atoms with Crippen molar-refractivity contribution in [1.29, 1.82) is 0 Å². The molecule has 2 rings (SSSR count). The van der Waals surface area contributed by atoms with Gasteiger partial charge < -0.3 is 9.84 Å². The Kier molecular flexibility index (Phi) is 4.35. The van der Waals surface area contributed by atoms with E-state index in [4.69, 9.17) is 4.74 Å². The second kappa shape index (κ2) is 5.85. The summed E-state index contributed by atoms with van der Waals surface area (Å²) in [4.78, 5) is 4.57. The molecule has 0 spiro atoms. The minimum atomic E-state index is -0.702. The minimum Gasteiger partial charge on any atom is -0.480 e. The van der Waals surface area contributed by atoms with Crippen LogP contribution in [0.5, 0.6) is 5.88 Å². The first-order chi connectivity index (χ1) is 9.40. The number of aromatic nitrogens is 3. The SMILES string of the molecule is COc1ccc(C(O)Cc2nc(C(C)(C)C)cs2)nn1. The van der Waals surface area contributed by atoms with E-state index in [2.05, 4.69) is 36.0 Å². The zero-order chi connectivity index (χ0) is 14.8. The van der Waals surface area contributed by atoms with Crippen molar-refractivity contribution in [3.8, 4) is 5.88 Å². The van der Waals surface area contributed by atoms with Crippen molar-refractivity contribution in [2.75, 3.05) is 7.11 Å². The molecule has 6 heteroatoms. The van der Waals surface area contributed by atoms with E-state index >= 15 is 0 Å². The molecule has 0 fully saturated rings. The van der Waals surface area contributed by atoms with E-state index in [0.29, 0.717) is 18.0 Å². The van der Waals surface area contributed by atoms with E-state index in [-0.39, 0.29) is 5.41 Å². The van der Waals surface area contributed by atoms with Crippen LogP contribution in [-0.4, -0.2) is 27.4 Å². The van der Waals surface area contributed by atoms with Gasteiger partial charge in [-0.15, -0.1) is 21.5 Å². The van der Waals surface area contributed by atoms with Gasteiger partial charge in [0, 0.05) is 23.3 Å². The van der Waals surface area contributed by atoms with Crippen LogP contribution in [0.4, 0.5) is 0 Å². The lowest BCUT2D eigenvalue weighted by atomic mass is 9.93. The number of methoxy groups -OCH3 is 1. The largest absolute Gasteiger partial charge is 0.480 e. The van der Waals surface area contributed by atoms with Gasteiger partial charge in [0.15, 0.2) is 0 Å². The summed E-state index contributed by atoms with van der Waals surface area (Å²) in [7, 11) is 1.53. The third kappa shape index (κ3) is 3.52. The Bertz CT molecular complexity index is 561. The van der Waals surface area contributed by atoms with Gasteiger partial charge in [-0.25, -0.2) is 4.98 Å². The molecule has 0 bridgehead atoms. The molecule has 5 nitrogen and oxygen atoms in total. The topological polar surface area (TPSA) is 68.1 Å². The average Bonchev–Trinajstić information content (AvgIpc) is 2.87. The zero-order valence-corrected chi connectivity index (χ0v) is 12.9. The lowest BCUT2D eigenvalue weighted by molar-refractivity contribution is 0.171. The molecule has 0 aromatic carbocycles. The molecule has 1 N–H and O–H groups in total. The van der Waals surface area contributed by atoms with E-state index in [1.165, 1.54) is 7.11 Å². The van der Waals surface area contributed by atoms with Gasteiger partial charge in [-0.1, -0.05) is 20.8 Å². The molecule has 108 valence electrons. The van der Waals surface area contributed by atoms with E-state index in [1.54, 1.807) is 23.5 Å². The molecule has 0 aliphatic heterocycles. The number of ether oxygens (including phenoxy) is 1. The lowest BCUT2D eigenvalue weighted by Gasteiger charge is -2.14. The molecule has 0 saturated carbocycles. The first-order valence-electron chi connectivity index (χ1n) is 6.40. The lowest BCUT2D eigenvalue weighted by Crippen LogP contribution is -2.12. The van der Waals surface area contributed by atoms with Crippen molar-refractivity contribution >= 4 is 11.3 Å². The summed E-state index contributed by atoms with van der Waals surface area (Å²) in [6.45, 7) is 6.37. The summed E-state index contributed by atoms with van der Waals surface area (Å²) in [6.07, 6.45) is -0.255. The fraction of sp³-hybridized carbons (Fsp3) is 0.500. The molecule has 0 radical (unpaired) electrons. The molecule has 0 aliphatic rings. The molecule has 2 aromatic rings. The molecule has 0 amide bonds. The van der Waals surface area contributed by atoms with Gasteiger partial charge in [-0.05, 0) is 6.07 Å². The van der Waals surface area contributed by atoms with E-state index in [9.17, 15) is 5.11 Å². The Morgan fingerprint density at radius 3 is 2.55 bits per heavy atom. The van der Waals surface area contributed by atoms with Crippen molar-refractivity contribution in [2.24, 2.45) is 0 Å².